The standard InChI is InChI=1S/C36H52N2O8SSi/c1-36(2)45-26-31-23-30(12-15-35(31)46-36)34(39)24-37-17-16-28-10-13-32(14-11-28)44-19-18-42-25-29-8-7-9-33(22-29)47(40,41)38(3)27-43-20-21-48(4,5)6/h7-15,22-23,34,37,39H,16-21,24-27H2,1-6H3/t34-/m0/s1. The number of aliphatic hydroxyl groups is 1. The largest absolute Gasteiger partial charge is 0.491 e. The lowest BCUT2D eigenvalue weighted by atomic mass is 10.0. The number of fused-ring (bicyclic) bond motifs is 1. The van der Waals surface area contributed by atoms with Gasteiger partial charge in [0.15, 0.2) is 0 Å². The molecule has 1 heterocycles. The second kappa shape index (κ2) is 17.2. The summed E-state index contributed by atoms with van der Waals surface area (Å²) in [5, 5.41) is 14.0. The molecule has 0 fully saturated rings. The third-order valence-electron chi connectivity index (χ3n) is 7.89. The fourth-order valence-corrected chi connectivity index (χ4v) is 6.81. The van der Waals surface area contributed by atoms with E-state index in [2.05, 4.69) is 25.0 Å². The highest BCUT2D eigenvalue weighted by atomic mass is 32.2. The molecule has 2 N–H and O–H groups in total. The third-order valence-corrected chi connectivity index (χ3v) is 11.4. The Bertz CT molecular complexity index is 1560. The lowest BCUT2D eigenvalue weighted by Crippen LogP contribution is -2.35. The van der Waals surface area contributed by atoms with Crippen LogP contribution in [0.3, 0.4) is 0 Å². The quantitative estimate of drug-likeness (QED) is 0.0920. The average Bonchev–Trinajstić information content (AvgIpc) is 3.04. The highest BCUT2D eigenvalue weighted by Gasteiger charge is 2.28. The zero-order chi connectivity index (χ0) is 34.8. The summed E-state index contributed by atoms with van der Waals surface area (Å²) in [6, 6.07) is 21.4. The Labute approximate surface area is 287 Å². The fraction of sp³-hybridized carbons (Fsp3) is 0.500. The summed E-state index contributed by atoms with van der Waals surface area (Å²) in [5.74, 6) is 0.903. The molecule has 0 amide bonds. The highest BCUT2D eigenvalue weighted by Crippen LogP contribution is 2.33. The van der Waals surface area contributed by atoms with Gasteiger partial charge in [0.25, 0.3) is 0 Å². The molecule has 0 saturated carbocycles. The topological polar surface area (TPSA) is 116 Å². The van der Waals surface area contributed by atoms with Gasteiger partial charge in [-0.25, -0.2) is 8.42 Å². The first kappa shape index (κ1) is 38.0. The van der Waals surface area contributed by atoms with Gasteiger partial charge in [0.2, 0.25) is 15.8 Å². The molecule has 0 spiro atoms. The molecule has 48 heavy (non-hydrogen) atoms. The van der Waals surface area contributed by atoms with Crippen LogP contribution in [0.15, 0.2) is 71.6 Å². The van der Waals surface area contributed by atoms with Gasteiger partial charge < -0.3 is 34.1 Å². The Morgan fingerprint density at radius 1 is 0.979 bits per heavy atom. The van der Waals surface area contributed by atoms with Crippen LogP contribution in [0.5, 0.6) is 11.5 Å². The molecule has 0 bridgehead atoms. The van der Waals surface area contributed by atoms with Gasteiger partial charge in [0.1, 0.15) is 24.8 Å². The van der Waals surface area contributed by atoms with E-state index in [4.69, 9.17) is 23.7 Å². The van der Waals surface area contributed by atoms with Gasteiger partial charge in [-0.3, -0.25) is 0 Å². The van der Waals surface area contributed by atoms with Crippen LogP contribution in [0.25, 0.3) is 0 Å². The predicted molar refractivity (Wildman–Crippen MR) is 189 cm³/mol. The van der Waals surface area contributed by atoms with Crippen molar-refractivity contribution in [1.29, 1.82) is 0 Å². The highest BCUT2D eigenvalue weighted by molar-refractivity contribution is 7.89. The Morgan fingerprint density at radius 3 is 2.50 bits per heavy atom. The minimum absolute atomic E-state index is 0.0232. The Balaban J connectivity index is 1.11. The summed E-state index contributed by atoms with van der Waals surface area (Å²) in [7, 11) is -3.37. The van der Waals surface area contributed by atoms with Crippen LogP contribution in [0.1, 0.15) is 42.2 Å². The Morgan fingerprint density at radius 2 is 1.75 bits per heavy atom. The molecule has 0 saturated heterocycles. The van der Waals surface area contributed by atoms with Gasteiger partial charge >= 0.3 is 0 Å². The number of nitrogens with zero attached hydrogens (tertiary/aromatic N) is 1. The van der Waals surface area contributed by atoms with Crippen LogP contribution in [-0.4, -0.2) is 78.4 Å². The van der Waals surface area contributed by atoms with Crippen molar-refractivity contribution in [3.8, 4) is 11.5 Å². The van der Waals surface area contributed by atoms with Gasteiger partial charge in [-0.05, 0) is 72.1 Å². The summed E-state index contributed by atoms with van der Waals surface area (Å²) in [6.45, 7) is 13.8. The fourth-order valence-electron chi connectivity index (χ4n) is 4.93. The Kier molecular flexibility index (Phi) is 13.6. The summed E-state index contributed by atoms with van der Waals surface area (Å²) in [5.41, 5.74) is 3.70. The molecule has 1 atom stereocenters. The molecule has 0 aliphatic carbocycles. The number of rotatable bonds is 19. The van der Waals surface area contributed by atoms with E-state index < -0.39 is 30.0 Å². The Hall–Kier alpha value is -2.81. The van der Waals surface area contributed by atoms with Crippen molar-refractivity contribution in [1.82, 2.24) is 9.62 Å². The van der Waals surface area contributed by atoms with Crippen molar-refractivity contribution < 1.29 is 37.2 Å². The number of ether oxygens (including phenoxy) is 5. The van der Waals surface area contributed by atoms with E-state index in [-0.39, 0.29) is 18.2 Å². The smallest absolute Gasteiger partial charge is 0.244 e. The first-order chi connectivity index (χ1) is 22.7. The summed E-state index contributed by atoms with van der Waals surface area (Å²) >= 11 is 0. The van der Waals surface area contributed by atoms with Gasteiger partial charge in [0, 0.05) is 47.7 Å². The molecular weight excluding hydrogens is 649 g/mol. The molecule has 1 aliphatic rings. The van der Waals surface area contributed by atoms with E-state index in [1.807, 2.05) is 62.4 Å². The number of hydrogen-bond acceptors (Lipinski definition) is 9. The maximum absolute atomic E-state index is 13.0. The van der Waals surface area contributed by atoms with E-state index in [9.17, 15) is 13.5 Å². The van der Waals surface area contributed by atoms with Gasteiger partial charge in [-0.2, -0.15) is 4.31 Å². The number of nitrogens with one attached hydrogen (secondary N) is 1. The molecule has 4 rings (SSSR count). The monoisotopic (exact) mass is 700 g/mol. The maximum atomic E-state index is 13.0. The molecule has 3 aromatic carbocycles. The number of benzene rings is 3. The molecule has 0 aromatic heterocycles. The average molecular weight is 701 g/mol. The van der Waals surface area contributed by atoms with Crippen molar-refractivity contribution >= 4 is 18.1 Å². The minimum Gasteiger partial charge on any atom is -0.491 e. The van der Waals surface area contributed by atoms with Crippen LogP contribution >= 0.6 is 0 Å². The first-order valence-corrected chi connectivity index (χ1v) is 21.6. The van der Waals surface area contributed by atoms with Crippen LogP contribution in [0.2, 0.25) is 25.7 Å². The molecule has 0 radical (unpaired) electrons. The molecule has 10 nitrogen and oxygen atoms in total. The lowest BCUT2D eigenvalue weighted by molar-refractivity contribution is -0.180. The molecule has 1 aliphatic heterocycles. The predicted octanol–water partition coefficient (Wildman–Crippen LogP) is 5.73. The van der Waals surface area contributed by atoms with Crippen LogP contribution in [0, 0.1) is 0 Å². The van der Waals surface area contributed by atoms with Crippen molar-refractivity contribution in [3.05, 3.63) is 89.0 Å². The zero-order valence-electron chi connectivity index (χ0n) is 29.2. The van der Waals surface area contributed by atoms with Gasteiger partial charge in [-0.1, -0.05) is 50.0 Å². The van der Waals surface area contributed by atoms with E-state index in [1.165, 1.54) is 11.4 Å². The van der Waals surface area contributed by atoms with Crippen LogP contribution in [-0.2, 0) is 43.9 Å². The molecule has 0 unspecified atom stereocenters. The number of sulfonamides is 1. The van der Waals surface area contributed by atoms with E-state index in [0.717, 1.165) is 52.8 Å². The third kappa shape index (κ3) is 12.0. The van der Waals surface area contributed by atoms with Crippen molar-refractivity contribution in [2.75, 3.05) is 46.7 Å². The zero-order valence-corrected chi connectivity index (χ0v) is 31.0. The summed E-state index contributed by atoms with van der Waals surface area (Å²) in [6.07, 6.45) is 0.184. The minimum atomic E-state index is -3.66. The van der Waals surface area contributed by atoms with Gasteiger partial charge in [0.05, 0.1) is 30.8 Å². The first-order valence-electron chi connectivity index (χ1n) is 16.5. The maximum Gasteiger partial charge on any atom is 0.244 e. The summed E-state index contributed by atoms with van der Waals surface area (Å²) < 4.78 is 56.0. The van der Waals surface area contributed by atoms with Crippen molar-refractivity contribution in [2.24, 2.45) is 0 Å². The SMILES string of the molecule is CN(COCC[Si](C)(C)C)S(=O)(=O)c1cccc(COCCOc2ccc(CCNC[C@H](O)c3ccc4c(c3)COC(C)(C)O4)cc2)c1. The summed E-state index contributed by atoms with van der Waals surface area (Å²) in [4.78, 5) is 0.215. The number of hydrogen-bond donors (Lipinski definition) is 2. The molecular formula is C36H52N2O8SSi. The number of aliphatic hydroxyl groups excluding tert-OH is 1. The lowest BCUT2D eigenvalue weighted by Gasteiger charge is -2.33. The molecule has 12 heteroatoms. The second-order valence-corrected chi connectivity index (χ2v) is 21.4. The van der Waals surface area contributed by atoms with Crippen molar-refractivity contribution in [3.63, 3.8) is 0 Å². The molecule has 3 aromatic rings. The van der Waals surface area contributed by atoms with E-state index in [1.54, 1.807) is 18.2 Å². The normalized spacial score (nSPS) is 15.2. The van der Waals surface area contributed by atoms with Crippen LogP contribution < -0.4 is 14.8 Å². The van der Waals surface area contributed by atoms with Gasteiger partial charge in [-0.15, -0.1) is 0 Å². The van der Waals surface area contributed by atoms with Crippen molar-refractivity contribution in [2.45, 2.75) is 76.0 Å². The van der Waals surface area contributed by atoms with E-state index >= 15 is 0 Å². The molecule has 264 valence electrons. The van der Waals surface area contributed by atoms with Crippen LogP contribution in [0.4, 0.5) is 0 Å². The second-order valence-electron chi connectivity index (χ2n) is 13.8. The van der Waals surface area contributed by atoms with E-state index in [0.29, 0.717) is 33.0 Å².